The van der Waals surface area contributed by atoms with E-state index < -0.39 is 0 Å². The Morgan fingerprint density at radius 2 is 1.98 bits per heavy atom. The van der Waals surface area contributed by atoms with Gasteiger partial charge in [-0.2, -0.15) is 5.26 Å². The number of carbonyl (C=O) groups is 1. The molecule has 2 N–H and O–H groups in total. The molecule has 2 aliphatic rings. The molecule has 4 heterocycles. The number of carbonyl (C=O) groups excluding carboxylic acids is 1. The first-order valence-corrected chi connectivity index (χ1v) is 14.6. The zero-order valence-corrected chi connectivity index (χ0v) is 23.8. The van der Waals surface area contributed by atoms with E-state index in [2.05, 4.69) is 26.7 Å². The molecule has 0 radical (unpaired) electrons. The Bertz CT molecular complexity index is 1650. The van der Waals surface area contributed by atoms with Gasteiger partial charge in [-0.3, -0.25) is 9.78 Å². The number of allylic oxidation sites excluding steroid dienone is 1. The molecule has 2 saturated heterocycles. The van der Waals surface area contributed by atoms with Gasteiger partial charge in [-0.05, 0) is 49.7 Å². The van der Waals surface area contributed by atoms with E-state index in [1.54, 1.807) is 24.5 Å². The first-order valence-electron chi connectivity index (χ1n) is 14.6. The number of ketones is 1. The summed E-state index contributed by atoms with van der Waals surface area (Å²) in [7, 11) is 0. The van der Waals surface area contributed by atoms with Gasteiger partial charge in [0.15, 0.2) is 5.78 Å². The van der Waals surface area contributed by atoms with Gasteiger partial charge in [-0.15, -0.1) is 0 Å². The van der Waals surface area contributed by atoms with Crippen LogP contribution in [0, 0.1) is 11.3 Å². The van der Waals surface area contributed by atoms with Gasteiger partial charge in [0.05, 0.1) is 41.9 Å². The molecule has 2 aromatic carbocycles. The van der Waals surface area contributed by atoms with Crippen molar-refractivity contribution in [2.24, 2.45) is 0 Å². The molecule has 0 amide bonds. The third-order valence-electron chi connectivity index (χ3n) is 7.56. The fourth-order valence-corrected chi connectivity index (χ4v) is 5.29. The molecule has 0 aliphatic carbocycles. The van der Waals surface area contributed by atoms with Gasteiger partial charge < -0.3 is 24.8 Å². The zero-order valence-electron chi connectivity index (χ0n) is 23.8. The van der Waals surface area contributed by atoms with E-state index in [-0.39, 0.29) is 18.3 Å². The van der Waals surface area contributed by atoms with Crippen LogP contribution in [0.1, 0.15) is 36.0 Å². The van der Waals surface area contributed by atoms with Crippen molar-refractivity contribution in [3.05, 3.63) is 95.3 Å². The van der Waals surface area contributed by atoms with E-state index in [4.69, 9.17) is 14.2 Å². The second kappa shape index (κ2) is 13.5. The second-order valence-electron chi connectivity index (χ2n) is 10.7. The van der Waals surface area contributed by atoms with Crippen molar-refractivity contribution in [3.63, 3.8) is 0 Å². The lowest BCUT2D eigenvalue weighted by Crippen LogP contribution is -2.23. The standard InChI is InChI=1S/C34H33N5O4/c35-18-26-19-37-31-17-32(43-29-10-13-41-22-29)25(15-28(40)14-23-8-11-36-12-9-23)16-30(31)34(26)39-27-6-7-33(38-20-27)42-21-24-4-2-1-3-5-24/h1-7,14,16-17,19-20,29,36H,8-13,15,21-22H2,(H,37,39). The highest BCUT2D eigenvalue weighted by atomic mass is 16.5. The fraction of sp³-hybridized carbons (Fsp3) is 0.294. The Balaban J connectivity index is 1.29. The van der Waals surface area contributed by atoms with Crippen LogP contribution in [0.15, 0.2) is 78.6 Å². The van der Waals surface area contributed by atoms with Gasteiger partial charge in [0.2, 0.25) is 5.88 Å². The minimum absolute atomic E-state index is 0.0259. The Morgan fingerprint density at radius 1 is 1.12 bits per heavy atom. The number of hydrogen-bond acceptors (Lipinski definition) is 9. The maximum atomic E-state index is 13.2. The first kappa shape index (κ1) is 28.3. The van der Waals surface area contributed by atoms with Gasteiger partial charge >= 0.3 is 0 Å². The molecule has 43 heavy (non-hydrogen) atoms. The third kappa shape index (κ3) is 7.17. The smallest absolute Gasteiger partial charge is 0.213 e. The number of nitrogens with zero attached hydrogens (tertiary/aromatic N) is 3. The number of nitrogens with one attached hydrogen (secondary N) is 2. The van der Waals surface area contributed by atoms with Crippen molar-refractivity contribution >= 4 is 28.1 Å². The third-order valence-corrected chi connectivity index (χ3v) is 7.56. The predicted molar refractivity (Wildman–Crippen MR) is 164 cm³/mol. The van der Waals surface area contributed by atoms with Gasteiger partial charge in [-0.25, -0.2) is 4.98 Å². The van der Waals surface area contributed by atoms with Crippen molar-refractivity contribution in [1.82, 2.24) is 15.3 Å². The molecule has 9 nitrogen and oxygen atoms in total. The van der Waals surface area contributed by atoms with Gasteiger partial charge in [-0.1, -0.05) is 35.9 Å². The average molecular weight is 576 g/mol. The number of nitriles is 1. The normalized spacial score (nSPS) is 16.4. The first-order chi connectivity index (χ1) is 21.1. The monoisotopic (exact) mass is 575 g/mol. The number of fused-ring (bicyclic) bond motifs is 1. The molecule has 218 valence electrons. The quantitative estimate of drug-likeness (QED) is 0.239. The van der Waals surface area contributed by atoms with Crippen LogP contribution in [0.4, 0.5) is 11.4 Å². The number of anilines is 2. The Hall–Kier alpha value is -4.78. The van der Waals surface area contributed by atoms with Crippen molar-refractivity contribution in [2.45, 2.75) is 38.4 Å². The topological polar surface area (TPSA) is 118 Å². The molecular formula is C34H33N5O4. The molecule has 0 spiro atoms. The van der Waals surface area contributed by atoms with E-state index in [9.17, 15) is 10.1 Å². The van der Waals surface area contributed by atoms with Crippen LogP contribution >= 0.6 is 0 Å². The number of piperidine rings is 1. The summed E-state index contributed by atoms with van der Waals surface area (Å²) in [5, 5.41) is 17.4. The second-order valence-corrected chi connectivity index (χ2v) is 10.7. The molecule has 6 rings (SSSR count). The molecule has 0 saturated carbocycles. The highest BCUT2D eigenvalue weighted by molar-refractivity contribution is 5.99. The van der Waals surface area contributed by atoms with Crippen molar-refractivity contribution < 1.29 is 19.0 Å². The van der Waals surface area contributed by atoms with E-state index in [1.807, 2.05) is 48.5 Å². The summed E-state index contributed by atoms with van der Waals surface area (Å²) in [5.74, 6) is 1.14. The van der Waals surface area contributed by atoms with E-state index in [1.165, 1.54) is 0 Å². The van der Waals surface area contributed by atoms with Crippen LogP contribution in [0.25, 0.3) is 10.9 Å². The maximum Gasteiger partial charge on any atom is 0.213 e. The highest BCUT2D eigenvalue weighted by Crippen LogP contribution is 2.35. The average Bonchev–Trinajstić information content (AvgIpc) is 3.55. The van der Waals surface area contributed by atoms with Gasteiger partial charge in [0, 0.05) is 42.1 Å². The largest absolute Gasteiger partial charge is 0.488 e. The molecule has 2 fully saturated rings. The number of pyridine rings is 2. The summed E-state index contributed by atoms with van der Waals surface area (Å²) < 4.78 is 17.7. The Labute approximate surface area is 250 Å². The zero-order chi connectivity index (χ0) is 29.4. The molecule has 0 bridgehead atoms. The number of aromatic nitrogens is 2. The van der Waals surface area contributed by atoms with Crippen LogP contribution in [-0.4, -0.2) is 48.2 Å². The van der Waals surface area contributed by atoms with Crippen molar-refractivity contribution in [2.75, 3.05) is 31.6 Å². The Kier molecular flexibility index (Phi) is 8.88. The summed E-state index contributed by atoms with van der Waals surface area (Å²) in [4.78, 5) is 22.2. The van der Waals surface area contributed by atoms with Crippen molar-refractivity contribution in [1.29, 1.82) is 5.26 Å². The summed E-state index contributed by atoms with van der Waals surface area (Å²) in [5.41, 5.74) is 5.27. The van der Waals surface area contributed by atoms with Crippen LogP contribution < -0.4 is 20.1 Å². The predicted octanol–water partition coefficient (Wildman–Crippen LogP) is 5.41. The summed E-state index contributed by atoms with van der Waals surface area (Å²) in [6, 6.07) is 19.6. The molecule has 4 aromatic rings. The maximum absolute atomic E-state index is 13.2. The van der Waals surface area contributed by atoms with E-state index in [0.717, 1.165) is 54.4 Å². The molecule has 1 atom stereocenters. The molecule has 2 aliphatic heterocycles. The molecular weight excluding hydrogens is 542 g/mol. The lowest BCUT2D eigenvalue weighted by molar-refractivity contribution is -0.114. The molecule has 1 unspecified atom stereocenters. The minimum atomic E-state index is -0.0845. The summed E-state index contributed by atoms with van der Waals surface area (Å²) in [6.45, 7) is 3.35. The van der Waals surface area contributed by atoms with Crippen molar-refractivity contribution in [3.8, 4) is 17.7 Å². The number of benzene rings is 2. The number of rotatable bonds is 10. The van der Waals surface area contributed by atoms with E-state index >= 15 is 0 Å². The SMILES string of the molecule is N#Cc1cnc2cc(OC3CCOC3)c(CC(=O)C=C3CCNCC3)cc2c1Nc1ccc(OCc2ccccc2)nc1. The highest BCUT2D eigenvalue weighted by Gasteiger charge is 2.22. The Morgan fingerprint density at radius 3 is 2.72 bits per heavy atom. The lowest BCUT2D eigenvalue weighted by Gasteiger charge is -2.18. The van der Waals surface area contributed by atoms with Crippen LogP contribution in [0.3, 0.4) is 0 Å². The summed E-state index contributed by atoms with van der Waals surface area (Å²) >= 11 is 0. The lowest BCUT2D eigenvalue weighted by atomic mass is 9.99. The van der Waals surface area contributed by atoms with E-state index in [0.29, 0.717) is 53.9 Å². The molecule has 2 aromatic heterocycles. The summed E-state index contributed by atoms with van der Waals surface area (Å²) in [6.07, 6.45) is 7.63. The molecule has 9 heteroatoms. The fourth-order valence-electron chi connectivity index (χ4n) is 5.29. The van der Waals surface area contributed by atoms with Gasteiger partial charge in [0.25, 0.3) is 0 Å². The van der Waals surface area contributed by atoms with Crippen LogP contribution in [-0.2, 0) is 22.6 Å². The van der Waals surface area contributed by atoms with Crippen LogP contribution in [0.2, 0.25) is 0 Å². The minimum Gasteiger partial charge on any atom is -0.488 e. The number of hydrogen-bond donors (Lipinski definition) is 2. The number of ether oxygens (including phenoxy) is 3. The van der Waals surface area contributed by atoms with Crippen LogP contribution in [0.5, 0.6) is 11.6 Å². The van der Waals surface area contributed by atoms with Gasteiger partial charge in [0.1, 0.15) is 24.5 Å².